The summed E-state index contributed by atoms with van der Waals surface area (Å²) in [4.78, 5) is 27.3. The number of rotatable bonds is 10. The van der Waals surface area contributed by atoms with Crippen molar-refractivity contribution < 1.29 is 22.7 Å². The molecule has 2 heterocycles. The van der Waals surface area contributed by atoms with E-state index in [0.29, 0.717) is 30.5 Å². The zero-order chi connectivity index (χ0) is 21.7. The van der Waals surface area contributed by atoms with Crippen molar-refractivity contribution in [2.24, 2.45) is 0 Å². The summed E-state index contributed by atoms with van der Waals surface area (Å²) < 4.78 is 31.3. The summed E-state index contributed by atoms with van der Waals surface area (Å²) in [5.74, 6) is -0.730. The molecule has 0 aromatic heterocycles. The molecule has 1 saturated heterocycles. The smallest absolute Gasteiger partial charge is 0.335 e. The molecule has 1 spiro atoms. The van der Waals surface area contributed by atoms with E-state index in [4.69, 9.17) is 4.74 Å². The van der Waals surface area contributed by atoms with Gasteiger partial charge in [-0.2, -0.15) is 0 Å². The Bertz CT molecular complexity index is 739. The second kappa shape index (κ2) is 10.0. The Balaban J connectivity index is 1.97. The first-order chi connectivity index (χ1) is 13.7. The molecule has 9 heteroatoms. The summed E-state index contributed by atoms with van der Waals surface area (Å²) in [7, 11) is -1.22. The number of nitrogens with one attached hydrogen (secondary N) is 1. The summed E-state index contributed by atoms with van der Waals surface area (Å²) >= 11 is 0. The molecule has 0 unspecified atom stereocenters. The first-order valence-electron chi connectivity index (χ1n) is 10.6. The molecule has 0 atom stereocenters. The lowest BCUT2D eigenvalue weighted by molar-refractivity contribution is -0.150. The highest BCUT2D eigenvalue weighted by atomic mass is 32.2. The standard InChI is InChI=1S/C20H35N3O5S/c1-5-7-12-22(4)13-8-11-21-18(24)17-16(3)19(25)28-20(17)9-14-23(15-10-20)29(26,27)6-2/h5-15H2,1-4H3,(H,21,24). The molecule has 0 saturated carbocycles. The Hall–Kier alpha value is -1.45. The highest BCUT2D eigenvalue weighted by Gasteiger charge is 2.51. The largest absolute Gasteiger partial charge is 0.450 e. The number of sulfonamides is 1. The van der Waals surface area contributed by atoms with Crippen molar-refractivity contribution in [3.05, 3.63) is 11.1 Å². The Morgan fingerprint density at radius 1 is 1.21 bits per heavy atom. The first kappa shape index (κ1) is 23.8. The fourth-order valence-electron chi connectivity index (χ4n) is 3.97. The van der Waals surface area contributed by atoms with E-state index >= 15 is 0 Å². The third kappa shape index (κ3) is 5.58. The van der Waals surface area contributed by atoms with Crippen molar-refractivity contribution in [2.45, 2.75) is 58.5 Å². The number of piperidine rings is 1. The molecule has 8 nitrogen and oxygen atoms in total. The van der Waals surface area contributed by atoms with Gasteiger partial charge in [0.25, 0.3) is 5.91 Å². The van der Waals surface area contributed by atoms with Crippen molar-refractivity contribution in [2.75, 3.05) is 45.5 Å². The minimum absolute atomic E-state index is 0.0364. The summed E-state index contributed by atoms with van der Waals surface area (Å²) in [5, 5.41) is 2.92. The molecule has 0 aromatic rings. The van der Waals surface area contributed by atoms with Gasteiger partial charge in [-0.1, -0.05) is 13.3 Å². The number of carbonyl (C=O) groups excluding carboxylic acids is 2. The maximum atomic E-state index is 12.9. The van der Waals surface area contributed by atoms with Crippen molar-refractivity contribution in [3.8, 4) is 0 Å². The van der Waals surface area contributed by atoms with Crippen LogP contribution >= 0.6 is 0 Å². The zero-order valence-electron chi connectivity index (χ0n) is 18.1. The molecule has 2 rings (SSSR count). The molecule has 2 aliphatic heterocycles. The van der Waals surface area contributed by atoms with Crippen LogP contribution in [-0.4, -0.2) is 80.6 Å². The van der Waals surface area contributed by atoms with E-state index in [1.54, 1.807) is 13.8 Å². The molecule has 1 fully saturated rings. The first-order valence-corrected chi connectivity index (χ1v) is 12.2. The van der Waals surface area contributed by atoms with Gasteiger partial charge in [0.05, 0.1) is 11.3 Å². The minimum Gasteiger partial charge on any atom is -0.450 e. The van der Waals surface area contributed by atoms with E-state index in [1.807, 2.05) is 0 Å². The number of unbranched alkanes of at least 4 members (excludes halogenated alkanes) is 1. The van der Waals surface area contributed by atoms with E-state index in [2.05, 4.69) is 24.2 Å². The molecule has 1 amide bonds. The molecular formula is C20H35N3O5S. The molecule has 166 valence electrons. The van der Waals surface area contributed by atoms with Crippen LogP contribution in [0, 0.1) is 0 Å². The summed E-state index contributed by atoms with van der Waals surface area (Å²) in [5.41, 5.74) is -0.312. The zero-order valence-corrected chi connectivity index (χ0v) is 18.9. The molecule has 1 N–H and O–H groups in total. The lowest BCUT2D eigenvalue weighted by Gasteiger charge is -2.38. The Morgan fingerprint density at radius 3 is 2.41 bits per heavy atom. The summed E-state index contributed by atoms with van der Waals surface area (Å²) in [6.45, 7) is 8.32. The van der Waals surface area contributed by atoms with E-state index in [-0.39, 0.29) is 24.7 Å². The van der Waals surface area contributed by atoms with Crippen LogP contribution in [0.4, 0.5) is 0 Å². The Morgan fingerprint density at radius 2 is 1.83 bits per heavy atom. The fourth-order valence-corrected chi connectivity index (χ4v) is 5.07. The van der Waals surface area contributed by atoms with Gasteiger partial charge in [-0.05, 0) is 46.8 Å². The monoisotopic (exact) mass is 429 g/mol. The van der Waals surface area contributed by atoms with Crippen molar-refractivity contribution in [3.63, 3.8) is 0 Å². The molecule has 0 bridgehead atoms. The summed E-state index contributed by atoms with van der Waals surface area (Å²) in [6.07, 6.45) is 3.74. The van der Waals surface area contributed by atoms with Crippen molar-refractivity contribution >= 4 is 21.9 Å². The Labute approximate surface area is 174 Å². The lowest BCUT2D eigenvalue weighted by atomic mass is 9.83. The van der Waals surface area contributed by atoms with Gasteiger partial charge >= 0.3 is 5.97 Å². The molecule has 29 heavy (non-hydrogen) atoms. The van der Waals surface area contributed by atoms with E-state index in [0.717, 1.165) is 32.4 Å². The SMILES string of the molecule is CCCCN(C)CCCNC(=O)C1=C(C)C(=O)OC12CCN(S(=O)(=O)CC)CC2. The van der Waals surface area contributed by atoms with Crippen LogP contribution in [0.3, 0.4) is 0 Å². The van der Waals surface area contributed by atoms with Crippen LogP contribution in [0.5, 0.6) is 0 Å². The summed E-state index contributed by atoms with van der Waals surface area (Å²) in [6, 6.07) is 0. The topological polar surface area (TPSA) is 96.0 Å². The number of amides is 1. The van der Waals surface area contributed by atoms with Gasteiger partial charge in [0, 0.05) is 38.0 Å². The van der Waals surface area contributed by atoms with Crippen molar-refractivity contribution in [1.82, 2.24) is 14.5 Å². The maximum absolute atomic E-state index is 12.9. The molecule has 0 radical (unpaired) electrons. The highest BCUT2D eigenvalue weighted by molar-refractivity contribution is 7.89. The number of hydrogen-bond donors (Lipinski definition) is 1. The fraction of sp³-hybridized carbons (Fsp3) is 0.800. The van der Waals surface area contributed by atoms with E-state index in [9.17, 15) is 18.0 Å². The number of nitrogens with zero attached hydrogens (tertiary/aromatic N) is 2. The van der Waals surface area contributed by atoms with Gasteiger partial charge in [0.15, 0.2) is 0 Å². The second-order valence-electron chi connectivity index (χ2n) is 7.95. The van der Waals surface area contributed by atoms with Gasteiger partial charge in [0.1, 0.15) is 5.60 Å². The van der Waals surface area contributed by atoms with Gasteiger partial charge in [0.2, 0.25) is 10.0 Å². The normalized spacial score (nSPS) is 19.8. The van der Waals surface area contributed by atoms with Gasteiger partial charge < -0.3 is 15.0 Å². The number of carbonyl (C=O) groups is 2. The average molecular weight is 430 g/mol. The predicted molar refractivity (Wildman–Crippen MR) is 112 cm³/mol. The van der Waals surface area contributed by atoms with Crippen LogP contribution in [0.1, 0.15) is 52.9 Å². The third-order valence-electron chi connectivity index (χ3n) is 5.84. The lowest BCUT2D eigenvalue weighted by Crippen LogP contribution is -2.50. The quantitative estimate of drug-likeness (QED) is 0.415. The minimum atomic E-state index is -3.29. The van der Waals surface area contributed by atoms with Crippen LogP contribution < -0.4 is 5.32 Å². The van der Waals surface area contributed by atoms with Crippen LogP contribution in [0.2, 0.25) is 0 Å². The van der Waals surface area contributed by atoms with Crippen LogP contribution in [0.15, 0.2) is 11.1 Å². The highest BCUT2D eigenvalue weighted by Crippen LogP contribution is 2.41. The average Bonchev–Trinajstić information content (AvgIpc) is 2.93. The third-order valence-corrected chi connectivity index (χ3v) is 7.72. The number of esters is 1. The van der Waals surface area contributed by atoms with E-state index < -0.39 is 21.6 Å². The van der Waals surface area contributed by atoms with Gasteiger partial charge in [-0.25, -0.2) is 17.5 Å². The van der Waals surface area contributed by atoms with Crippen molar-refractivity contribution in [1.29, 1.82) is 0 Å². The Kier molecular flexibility index (Phi) is 8.25. The second-order valence-corrected chi connectivity index (χ2v) is 10.2. The molecule has 2 aliphatic rings. The maximum Gasteiger partial charge on any atom is 0.335 e. The van der Waals surface area contributed by atoms with Crippen LogP contribution in [-0.2, 0) is 24.3 Å². The molecule has 0 aromatic carbocycles. The predicted octanol–water partition coefficient (Wildman–Crippen LogP) is 1.28. The van der Waals surface area contributed by atoms with E-state index in [1.165, 1.54) is 4.31 Å². The van der Waals surface area contributed by atoms with Crippen LogP contribution in [0.25, 0.3) is 0 Å². The van der Waals surface area contributed by atoms with Gasteiger partial charge in [-0.3, -0.25) is 4.79 Å². The molecule has 0 aliphatic carbocycles. The molecular weight excluding hydrogens is 394 g/mol. The number of hydrogen-bond acceptors (Lipinski definition) is 6. The number of ether oxygens (including phenoxy) is 1. The van der Waals surface area contributed by atoms with Gasteiger partial charge in [-0.15, -0.1) is 0 Å².